The van der Waals surface area contributed by atoms with Gasteiger partial charge in [0.15, 0.2) is 0 Å². The van der Waals surface area contributed by atoms with Gasteiger partial charge >= 0.3 is 5.97 Å². The number of aromatic amines is 1. The van der Waals surface area contributed by atoms with E-state index in [-0.39, 0.29) is 17.9 Å². The van der Waals surface area contributed by atoms with Crippen LogP contribution in [0.2, 0.25) is 0 Å². The number of esters is 1. The summed E-state index contributed by atoms with van der Waals surface area (Å²) < 4.78 is 5.18. The van der Waals surface area contributed by atoms with Crippen molar-refractivity contribution in [1.82, 2.24) is 4.98 Å². The number of Topliss-reactive ketones (excluding diaryl/α,β-unsaturated/α-hetero) is 1. The molecule has 31 heavy (non-hydrogen) atoms. The number of aryl methyl sites for hydroxylation is 1. The van der Waals surface area contributed by atoms with E-state index in [9.17, 15) is 14.4 Å². The third-order valence-corrected chi connectivity index (χ3v) is 5.00. The number of ether oxygens (including phenoxy) is 1. The summed E-state index contributed by atoms with van der Waals surface area (Å²) in [5, 5.41) is 2.64. The van der Waals surface area contributed by atoms with Crippen LogP contribution in [0.1, 0.15) is 58.8 Å². The molecule has 2 N–H and O–H groups in total. The van der Waals surface area contributed by atoms with Crippen LogP contribution in [0.4, 0.5) is 5.69 Å². The van der Waals surface area contributed by atoms with Gasteiger partial charge in [-0.15, -0.1) is 0 Å². The summed E-state index contributed by atoms with van der Waals surface area (Å²) in [7, 11) is 0. The molecule has 0 aliphatic carbocycles. The number of carbonyl (C=O) groups is 3. The third kappa shape index (κ3) is 4.74. The van der Waals surface area contributed by atoms with E-state index in [1.165, 1.54) is 0 Å². The maximum Gasteiger partial charge on any atom is 0.340 e. The number of nitrogens with one attached hydrogen (secondary N) is 2. The number of H-pyrrole nitrogens is 1. The fraction of sp³-hybridized carbons (Fsp3) is 0.240. The molecule has 1 aromatic heterocycles. The molecule has 1 amide bonds. The molecule has 3 aromatic rings. The van der Waals surface area contributed by atoms with E-state index in [1.807, 2.05) is 18.2 Å². The second-order valence-electron chi connectivity index (χ2n) is 7.52. The van der Waals surface area contributed by atoms with Crippen molar-refractivity contribution in [3.05, 3.63) is 77.1 Å². The molecule has 0 radical (unpaired) electrons. The van der Waals surface area contributed by atoms with Crippen LogP contribution in [0.5, 0.6) is 0 Å². The molecule has 0 spiro atoms. The number of carbonyl (C=O) groups excluding carboxylic acids is 3. The summed E-state index contributed by atoms with van der Waals surface area (Å²) in [6.07, 6.45) is 0. The van der Waals surface area contributed by atoms with Gasteiger partial charge in [0.2, 0.25) is 0 Å². The average molecular weight is 418 g/mol. The summed E-state index contributed by atoms with van der Waals surface area (Å²) in [5.41, 5.74) is 3.45. The Balaban J connectivity index is 1.97. The molecule has 0 aliphatic heterocycles. The van der Waals surface area contributed by atoms with Crippen LogP contribution >= 0.6 is 0 Å². The van der Waals surface area contributed by atoms with Crippen LogP contribution < -0.4 is 5.32 Å². The van der Waals surface area contributed by atoms with Gasteiger partial charge < -0.3 is 15.0 Å². The van der Waals surface area contributed by atoms with E-state index in [4.69, 9.17) is 4.74 Å². The van der Waals surface area contributed by atoms with Gasteiger partial charge in [0.25, 0.3) is 11.7 Å². The van der Waals surface area contributed by atoms with Crippen LogP contribution in [0.15, 0.2) is 54.6 Å². The third-order valence-electron chi connectivity index (χ3n) is 5.00. The molecular weight excluding hydrogens is 392 g/mol. The van der Waals surface area contributed by atoms with Gasteiger partial charge in [-0.3, -0.25) is 9.59 Å². The van der Waals surface area contributed by atoms with Crippen molar-refractivity contribution in [2.75, 3.05) is 11.9 Å². The summed E-state index contributed by atoms with van der Waals surface area (Å²) in [5.74, 6) is -1.72. The van der Waals surface area contributed by atoms with E-state index in [1.54, 1.807) is 50.2 Å². The number of anilines is 1. The number of hydrogen-bond donors (Lipinski definition) is 2. The largest absolute Gasteiger partial charge is 0.462 e. The zero-order chi connectivity index (χ0) is 22.5. The maximum absolute atomic E-state index is 13.1. The Labute approximate surface area is 181 Å². The first-order valence-electron chi connectivity index (χ1n) is 10.2. The van der Waals surface area contributed by atoms with Gasteiger partial charge in [0.05, 0.1) is 12.2 Å². The Morgan fingerprint density at radius 3 is 2.23 bits per heavy atom. The molecule has 0 aliphatic rings. The van der Waals surface area contributed by atoms with E-state index in [0.29, 0.717) is 28.4 Å². The number of hydrogen-bond acceptors (Lipinski definition) is 4. The van der Waals surface area contributed by atoms with Crippen LogP contribution in [-0.2, 0) is 9.53 Å². The SMILES string of the molecule is CCOC(=O)c1c(C)[nH]c(C(=O)C(=O)Nc2ccc(C(C)C)cc2)c1-c1ccccc1. The zero-order valence-corrected chi connectivity index (χ0v) is 18.1. The Kier molecular flexibility index (Phi) is 6.70. The van der Waals surface area contributed by atoms with Gasteiger partial charge in [-0.2, -0.15) is 0 Å². The Hall–Kier alpha value is -3.67. The molecular formula is C25H26N2O4. The normalized spacial score (nSPS) is 10.7. The second-order valence-corrected chi connectivity index (χ2v) is 7.52. The standard InChI is InChI=1S/C25H26N2O4/c1-5-31-25(30)20-16(4)26-22(21(20)18-9-7-6-8-10-18)23(28)24(29)27-19-13-11-17(12-14-19)15(2)3/h6-15,26H,5H2,1-4H3,(H,27,29). The van der Waals surface area contributed by atoms with E-state index in [0.717, 1.165) is 5.56 Å². The lowest BCUT2D eigenvalue weighted by Gasteiger charge is -2.09. The number of amides is 1. The topological polar surface area (TPSA) is 88.3 Å². The fourth-order valence-corrected chi connectivity index (χ4v) is 3.40. The van der Waals surface area contributed by atoms with Crippen molar-refractivity contribution in [3.63, 3.8) is 0 Å². The lowest BCUT2D eigenvalue weighted by Crippen LogP contribution is -2.24. The van der Waals surface area contributed by atoms with Crippen LogP contribution in [0, 0.1) is 6.92 Å². The molecule has 1 heterocycles. The summed E-state index contributed by atoms with van der Waals surface area (Å²) in [4.78, 5) is 41.3. The van der Waals surface area contributed by atoms with Gasteiger partial charge in [-0.05, 0) is 43.0 Å². The lowest BCUT2D eigenvalue weighted by molar-refractivity contribution is -0.112. The monoisotopic (exact) mass is 418 g/mol. The van der Waals surface area contributed by atoms with E-state index >= 15 is 0 Å². The van der Waals surface area contributed by atoms with Crippen molar-refractivity contribution in [3.8, 4) is 11.1 Å². The van der Waals surface area contributed by atoms with E-state index in [2.05, 4.69) is 24.1 Å². The highest BCUT2D eigenvalue weighted by Crippen LogP contribution is 2.31. The van der Waals surface area contributed by atoms with Crippen molar-refractivity contribution in [2.24, 2.45) is 0 Å². The Bertz CT molecular complexity index is 1100. The first-order valence-corrected chi connectivity index (χ1v) is 10.2. The Morgan fingerprint density at radius 2 is 1.65 bits per heavy atom. The van der Waals surface area contributed by atoms with Gasteiger partial charge in [0.1, 0.15) is 5.69 Å². The minimum absolute atomic E-state index is 0.0584. The number of ketones is 1. The van der Waals surface area contributed by atoms with Crippen LogP contribution in [-0.4, -0.2) is 29.3 Å². The highest BCUT2D eigenvalue weighted by atomic mass is 16.5. The first-order chi connectivity index (χ1) is 14.8. The number of aromatic nitrogens is 1. The molecule has 0 fully saturated rings. The second kappa shape index (κ2) is 9.43. The van der Waals surface area contributed by atoms with Crippen molar-refractivity contribution < 1.29 is 19.1 Å². The smallest absolute Gasteiger partial charge is 0.340 e. The summed E-state index contributed by atoms with van der Waals surface area (Å²) in [6.45, 7) is 7.76. The van der Waals surface area contributed by atoms with Crippen molar-refractivity contribution in [1.29, 1.82) is 0 Å². The highest BCUT2D eigenvalue weighted by molar-refractivity contribution is 6.47. The van der Waals surface area contributed by atoms with Crippen molar-refractivity contribution >= 4 is 23.3 Å². The molecule has 6 heteroatoms. The van der Waals surface area contributed by atoms with Gasteiger partial charge in [0, 0.05) is 16.9 Å². The predicted molar refractivity (Wildman–Crippen MR) is 120 cm³/mol. The van der Waals surface area contributed by atoms with Gasteiger partial charge in [-0.1, -0.05) is 56.3 Å². The predicted octanol–water partition coefficient (Wildman–Crippen LogP) is 5.11. The number of rotatable bonds is 7. The molecule has 0 unspecified atom stereocenters. The zero-order valence-electron chi connectivity index (χ0n) is 18.1. The highest BCUT2D eigenvalue weighted by Gasteiger charge is 2.29. The molecule has 0 bridgehead atoms. The summed E-state index contributed by atoms with van der Waals surface area (Å²) in [6, 6.07) is 16.4. The number of benzene rings is 2. The molecule has 0 saturated carbocycles. The maximum atomic E-state index is 13.1. The lowest BCUT2D eigenvalue weighted by atomic mass is 9.98. The molecule has 0 atom stereocenters. The first kappa shape index (κ1) is 22.0. The molecule has 3 rings (SSSR count). The van der Waals surface area contributed by atoms with Crippen LogP contribution in [0.3, 0.4) is 0 Å². The summed E-state index contributed by atoms with van der Waals surface area (Å²) >= 11 is 0. The average Bonchev–Trinajstić information content (AvgIpc) is 3.11. The van der Waals surface area contributed by atoms with E-state index < -0.39 is 17.7 Å². The van der Waals surface area contributed by atoms with Crippen molar-refractivity contribution in [2.45, 2.75) is 33.6 Å². The molecule has 2 aromatic carbocycles. The fourth-order valence-electron chi connectivity index (χ4n) is 3.40. The van der Waals surface area contributed by atoms with Crippen LogP contribution in [0.25, 0.3) is 11.1 Å². The molecule has 6 nitrogen and oxygen atoms in total. The Morgan fingerprint density at radius 1 is 1.00 bits per heavy atom. The minimum Gasteiger partial charge on any atom is -0.462 e. The van der Waals surface area contributed by atoms with Gasteiger partial charge in [-0.25, -0.2) is 4.79 Å². The molecule has 160 valence electrons. The molecule has 0 saturated heterocycles. The quantitative estimate of drug-likeness (QED) is 0.317. The minimum atomic E-state index is -0.786.